The number of nitrogens with two attached hydrogens (primary N) is 1. The summed E-state index contributed by atoms with van der Waals surface area (Å²) >= 11 is 0. The van der Waals surface area contributed by atoms with Crippen molar-refractivity contribution in [3.63, 3.8) is 0 Å². The Bertz CT molecular complexity index is 857. The highest BCUT2D eigenvalue weighted by atomic mass is 16.5. The molecule has 0 saturated heterocycles. The zero-order valence-electron chi connectivity index (χ0n) is 14.2. The fourth-order valence-electron chi connectivity index (χ4n) is 2.57. The molecule has 1 amide bonds. The lowest BCUT2D eigenvalue weighted by atomic mass is 10.1. The molecule has 3 aromatic rings. The van der Waals surface area contributed by atoms with Gasteiger partial charge in [0.15, 0.2) is 0 Å². The van der Waals surface area contributed by atoms with Crippen LogP contribution in [-0.2, 0) is 13.6 Å². The number of hydrogen-bond acceptors (Lipinski definition) is 4. The molecule has 128 valence electrons. The first kappa shape index (κ1) is 16.6. The Morgan fingerprint density at radius 3 is 2.40 bits per heavy atom. The van der Waals surface area contributed by atoms with Gasteiger partial charge in [-0.25, -0.2) is 0 Å². The van der Waals surface area contributed by atoms with Crippen molar-refractivity contribution in [2.24, 2.45) is 7.05 Å². The molecule has 0 aliphatic carbocycles. The molecule has 0 fully saturated rings. The average Bonchev–Trinajstić information content (AvgIpc) is 2.99. The van der Waals surface area contributed by atoms with E-state index in [1.54, 1.807) is 19.1 Å². The lowest BCUT2D eigenvalue weighted by Gasteiger charge is -2.23. The number of methoxy groups -OCH3 is 1. The maximum absolute atomic E-state index is 13.1. The summed E-state index contributed by atoms with van der Waals surface area (Å²) in [6.07, 6.45) is 1.50. The number of nitrogens with zero attached hydrogens (tertiary/aromatic N) is 3. The topological polar surface area (TPSA) is 73.4 Å². The van der Waals surface area contributed by atoms with Gasteiger partial charge in [-0.3, -0.25) is 9.48 Å². The number of ether oxygens (including phenoxy) is 1. The van der Waals surface area contributed by atoms with Gasteiger partial charge in [0, 0.05) is 12.7 Å². The molecule has 2 N–H and O–H groups in total. The first-order valence-electron chi connectivity index (χ1n) is 7.87. The monoisotopic (exact) mass is 336 g/mol. The van der Waals surface area contributed by atoms with Gasteiger partial charge in [-0.2, -0.15) is 5.10 Å². The van der Waals surface area contributed by atoms with Crippen LogP contribution in [0.4, 0.5) is 11.5 Å². The summed E-state index contributed by atoms with van der Waals surface area (Å²) in [6, 6.07) is 17.2. The van der Waals surface area contributed by atoms with E-state index < -0.39 is 0 Å². The smallest absolute Gasteiger partial charge is 0.263 e. The van der Waals surface area contributed by atoms with Gasteiger partial charge in [0.25, 0.3) is 5.91 Å². The highest BCUT2D eigenvalue weighted by molar-refractivity contribution is 6.08. The van der Waals surface area contributed by atoms with E-state index >= 15 is 0 Å². The minimum absolute atomic E-state index is 0.195. The van der Waals surface area contributed by atoms with Gasteiger partial charge < -0.3 is 15.4 Å². The summed E-state index contributed by atoms with van der Waals surface area (Å²) in [5, 5.41) is 4.07. The van der Waals surface area contributed by atoms with E-state index in [2.05, 4.69) is 5.10 Å². The molecule has 1 heterocycles. The quantitative estimate of drug-likeness (QED) is 0.777. The molecule has 25 heavy (non-hydrogen) atoms. The molecule has 0 aliphatic heterocycles. The molecule has 0 saturated carbocycles. The largest absolute Gasteiger partial charge is 0.497 e. The number of hydrogen-bond donors (Lipinski definition) is 1. The molecule has 0 bridgehead atoms. The lowest BCUT2D eigenvalue weighted by molar-refractivity contribution is 0.0986. The van der Waals surface area contributed by atoms with Crippen LogP contribution in [0.15, 0.2) is 60.8 Å². The third kappa shape index (κ3) is 3.47. The van der Waals surface area contributed by atoms with E-state index in [0.717, 1.165) is 17.0 Å². The van der Waals surface area contributed by atoms with Crippen LogP contribution >= 0.6 is 0 Å². The molecule has 2 aromatic carbocycles. The number of nitrogen functional groups attached to an aromatic ring is 1. The van der Waals surface area contributed by atoms with E-state index in [4.69, 9.17) is 10.5 Å². The second kappa shape index (κ2) is 7.09. The van der Waals surface area contributed by atoms with E-state index in [1.807, 2.05) is 54.6 Å². The van der Waals surface area contributed by atoms with Crippen molar-refractivity contribution in [3.05, 3.63) is 71.9 Å². The average molecular weight is 336 g/mol. The molecule has 6 heteroatoms. The summed E-state index contributed by atoms with van der Waals surface area (Å²) in [5.74, 6) is 0.882. The molecule has 0 unspecified atom stereocenters. The summed E-state index contributed by atoms with van der Waals surface area (Å²) in [4.78, 5) is 14.8. The van der Waals surface area contributed by atoms with Gasteiger partial charge in [-0.05, 0) is 29.8 Å². The Morgan fingerprint density at radius 1 is 1.16 bits per heavy atom. The number of benzene rings is 2. The number of aryl methyl sites for hydroxylation is 1. The highest BCUT2D eigenvalue weighted by Gasteiger charge is 2.22. The summed E-state index contributed by atoms with van der Waals surface area (Å²) in [6.45, 7) is 0.431. The fraction of sp³-hybridized carbons (Fsp3) is 0.158. The van der Waals surface area contributed by atoms with Crippen LogP contribution in [0.25, 0.3) is 0 Å². The first-order chi connectivity index (χ1) is 12.1. The van der Waals surface area contributed by atoms with Crippen LogP contribution in [0.3, 0.4) is 0 Å². The minimum atomic E-state index is -0.195. The summed E-state index contributed by atoms with van der Waals surface area (Å²) in [5.41, 5.74) is 8.16. The summed E-state index contributed by atoms with van der Waals surface area (Å²) in [7, 11) is 3.32. The van der Waals surface area contributed by atoms with Gasteiger partial charge in [0.2, 0.25) is 0 Å². The number of carbonyl (C=O) groups is 1. The van der Waals surface area contributed by atoms with Crippen molar-refractivity contribution in [1.82, 2.24) is 9.78 Å². The van der Waals surface area contributed by atoms with E-state index in [-0.39, 0.29) is 5.91 Å². The van der Waals surface area contributed by atoms with Crippen molar-refractivity contribution in [1.29, 1.82) is 0 Å². The third-order valence-electron chi connectivity index (χ3n) is 4.03. The zero-order valence-corrected chi connectivity index (χ0v) is 14.2. The highest BCUT2D eigenvalue weighted by Crippen LogP contribution is 2.24. The van der Waals surface area contributed by atoms with E-state index in [9.17, 15) is 4.79 Å². The molecule has 6 nitrogen and oxygen atoms in total. The molecule has 0 aliphatic rings. The Balaban J connectivity index is 1.98. The lowest BCUT2D eigenvalue weighted by Crippen LogP contribution is -2.30. The first-order valence-corrected chi connectivity index (χ1v) is 7.87. The Kier molecular flexibility index (Phi) is 4.70. The van der Waals surface area contributed by atoms with Gasteiger partial charge in [0.1, 0.15) is 17.1 Å². The van der Waals surface area contributed by atoms with Crippen molar-refractivity contribution in [3.8, 4) is 5.75 Å². The minimum Gasteiger partial charge on any atom is -0.497 e. The van der Waals surface area contributed by atoms with E-state index in [1.165, 1.54) is 10.9 Å². The fourth-order valence-corrected chi connectivity index (χ4v) is 2.57. The van der Waals surface area contributed by atoms with Crippen LogP contribution in [0.5, 0.6) is 5.75 Å². The van der Waals surface area contributed by atoms with Crippen molar-refractivity contribution < 1.29 is 9.53 Å². The Hall–Kier alpha value is -3.28. The molecule has 0 radical (unpaired) electrons. The second-order valence-electron chi connectivity index (χ2n) is 5.64. The third-order valence-corrected chi connectivity index (χ3v) is 4.03. The standard InChI is InChI=1S/C19H20N4O2/c1-22-18(20)17(12-21-22)19(24)23(13-14-6-4-3-5-7-14)15-8-10-16(25-2)11-9-15/h3-12H,13,20H2,1-2H3. The van der Waals surface area contributed by atoms with Crippen molar-refractivity contribution in [2.75, 3.05) is 17.7 Å². The molecule has 3 rings (SSSR count). The number of amides is 1. The predicted molar refractivity (Wildman–Crippen MR) is 97.6 cm³/mol. The summed E-state index contributed by atoms with van der Waals surface area (Å²) < 4.78 is 6.69. The van der Waals surface area contributed by atoms with Gasteiger partial charge in [-0.15, -0.1) is 0 Å². The Labute approximate surface area is 146 Å². The van der Waals surface area contributed by atoms with Crippen LogP contribution in [0, 0.1) is 0 Å². The molecule has 0 atom stereocenters. The Morgan fingerprint density at radius 2 is 1.84 bits per heavy atom. The second-order valence-corrected chi connectivity index (χ2v) is 5.64. The van der Waals surface area contributed by atoms with Crippen LogP contribution < -0.4 is 15.4 Å². The number of anilines is 2. The number of aromatic nitrogens is 2. The van der Waals surface area contributed by atoms with Crippen LogP contribution in [-0.4, -0.2) is 22.8 Å². The predicted octanol–water partition coefficient (Wildman–Crippen LogP) is 2.86. The maximum atomic E-state index is 13.1. The molecular formula is C19H20N4O2. The number of carbonyl (C=O) groups excluding carboxylic acids is 1. The molecule has 1 aromatic heterocycles. The van der Waals surface area contributed by atoms with Gasteiger partial charge in [-0.1, -0.05) is 30.3 Å². The SMILES string of the molecule is COc1ccc(N(Cc2ccccc2)C(=O)c2cnn(C)c2N)cc1. The molecule has 0 spiro atoms. The van der Waals surface area contributed by atoms with Gasteiger partial charge in [0.05, 0.1) is 19.9 Å². The van der Waals surface area contributed by atoms with Gasteiger partial charge >= 0.3 is 0 Å². The maximum Gasteiger partial charge on any atom is 0.263 e. The van der Waals surface area contributed by atoms with Crippen molar-refractivity contribution >= 4 is 17.4 Å². The normalized spacial score (nSPS) is 10.5. The van der Waals surface area contributed by atoms with Crippen LogP contribution in [0.1, 0.15) is 15.9 Å². The van der Waals surface area contributed by atoms with Crippen LogP contribution in [0.2, 0.25) is 0 Å². The van der Waals surface area contributed by atoms with Crippen molar-refractivity contribution in [2.45, 2.75) is 6.54 Å². The number of rotatable bonds is 5. The zero-order chi connectivity index (χ0) is 17.8. The van der Waals surface area contributed by atoms with E-state index in [0.29, 0.717) is 17.9 Å². The molecular weight excluding hydrogens is 316 g/mol.